The highest BCUT2D eigenvalue weighted by Crippen LogP contribution is 2.42. The van der Waals surface area contributed by atoms with Crippen LogP contribution in [0.1, 0.15) is 36.5 Å². The Morgan fingerprint density at radius 1 is 1.09 bits per heavy atom. The average Bonchev–Trinajstić information content (AvgIpc) is 3.46. The largest absolute Gasteiger partial charge is 0.481 e. The van der Waals surface area contributed by atoms with Crippen LogP contribution in [0.3, 0.4) is 0 Å². The maximum absolute atomic E-state index is 11.5. The zero-order valence-electron chi connectivity index (χ0n) is 25.7. The predicted octanol–water partition coefficient (Wildman–Crippen LogP) is 6.55. The lowest BCUT2D eigenvalue weighted by molar-refractivity contribution is -0.119. The Morgan fingerprint density at radius 3 is 2.65 bits per heavy atom. The molecule has 0 spiro atoms. The number of amides is 1. The second kappa shape index (κ2) is 14.3. The summed E-state index contributed by atoms with van der Waals surface area (Å²) in [6, 6.07) is 15.7. The molecule has 0 aliphatic carbocycles. The van der Waals surface area contributed by atoms with Crippen molar-refractivity contribution in [2.75, 3.05) is 26.7 Å². The standard InChI is InChI=1S/C35H36Cl3N5O3/c1-20(44)18-43-13-11-21-14-23(15-29(36)28(21)19-43)34-33(38)26(10-12-40-34)25-4-3-5-27(32(25)37)30-8-6-22(35(42-30)46-2)16-39-17-24-7-9-31(45)41-24/h3-6,8,10,12,14-15,20,24,39,44H,7,9,11,13,16-19H2,1-2H3,(H,41,45)/t20-,24+/m1/s1. The van der Waals surface area contributed by atoms with E-state index in [1.54, 1.807) is 20.2 Å². The first-order valence-electron chi connectivity index (χ1n) is 15.4. The highest BCUT2D eigenvalue weighted by molar-refractivity contribution is 6.39. The van der Waals surface area contributed by atoms with E-state index in [9.17, 15) is 9.90 Å². The lowest BCUT2D eigenvalue weighted by Crippen LogP contribution is -2.35. The second-order valence-electron chi connectivity index (χ2n) is 11.9. The number of aliphatic hydroxyl groups excluding tert-OH is 1. The van der Waals surface area contributed by atoms with Crippen molar-refractivity contribution in [2.24, 2.45) is 0 Å². The number of carbonyl (C=O) groups is 1. The Kier molecular flexibility index (Phi) is 10.1. The molecule has 1 amide bonds. The number of nitrogens with zero attached hydrogens (tertiary/aromatic N) is 3. The summed E-state index contributed by atoms with van der Waals surface area (Å²) in [6.07, 6.45) is 3.57. The van der Waals surface area contributed by atoms with Crippen LogP contribution in [0.5, 0.6) is 5.88 Å². The van der Waals surface area contributed by atoms with E-state index in [2.05, 4.69) is 26.6 Å². The van der Waals surface area contributed by atoms with Gasteiger partial charge in [0.2, 0.25) is 11.8 Å². The van der Waals surface area contributed by atoms with E-state index in [1.807, 2.05) is 42.5 Å². The zero-order valence-corrected chi connectivity index (χ0v) is 28.0. The summed E-state index contributed by atoms with van der Waals surface area (Å²) < 4.78 is 5.64. The minimum atomic E-state index is -0.394. The first kappa shape index (κ1) is 32.7. The number of hydrogen-bond donors (Lipinski definition) is 3. The third-order valence-electron chi connectivity index (χ3n) is 8.54. The van der Waals surface area contributed by atoms with Crippen molar-refractivity contribution in [1.29, 1.82) is 0 Å². The van der Waals surface area contributed by atoms with Gasteiger partial charge in [0, 0.05) is 84.2 Å². The van der Waals surface area contributed by atoms with Gasteiger partial charge < -0.3 is 20.5 Å². The molecule has 4 heterocycles. The monoisotopic (exact) mass is 679 g/mol. The van der Waals surface area contributed by atoms with E-state index < -0.39 is 6.10 Å². The number of pyridine rings is 2. The number of halogens is 3. The fraction of sp³-hybridized carbons (Fsp3) is 0.343. The summed E-state index contributed by atoms with van der Waals surface area (Å²) in [5, 5.41) is 17.9. The smallest absolute Gasteiger partial charge is 0.220 e. The van der Waals surface area contributed by atoms with Gasteiger partial charge >= 0.3 is 0 Å². The van der Waals surface area contributed by atoms with E-state index in [-0.39, 0.29) is 11.9 Å². The maximum Gasteiger partial charge on any atom is 0.220 e. The van der Waals surface area contributed by atoms with Crippen molar-refractivity contribution in [1.82, 2.24) is 25.5 Å². The Balaban J connectivity index is 1.26. The molecule has 46 heavy (non-hydrogen) atoms. The van der Waals surface area contributed by atoms with Crippen molar-refractivity contribution in [2.45, 2.75) is 51.4 Å². The SMILES string of the molecule is COc1nc(-c2cccc(-c3ccnc(-c4cc(Cl)c5c(c4)CCN(C[C@@H](C)O)C5)c3Cl)c2Cl)ccc1CNC[C@@H]1CCC(=O)N1. The summed E-state index contributed by atoms with van der Waals surface area (Å²) in [5.41, 5.74) is 7.56. The Hall–Kier alpha value is -3.24. The number of hydrogen-bond acceptors (Lipinski definition) is 7. The van der Waals surface area contributed by atoms with Crippen LogP contribution in [-0.2, 0) is 24.3 Å². The number of ether oxygens (including phenoxy) is 1. The van der Waals surface area contributed by atoms with Crippen LogP contribution in [-0.4, -0.2) is 64.8 Å². The first-order valence-corrected chi connectivity index (χ1v) is 16.5. The molecule has 2 aromatic carbocycles. The van der Waals surface area contributed by atoms with Crippen molar-refractivity contribution in [3.8, 4) is 39.5 Å². The fourth-order valence-electron chi connectivity index (χ4n) is 6.27. The molecule has 0 bridgehead atoms. The summed E-state index contributed by atoms with van der Waals surface area (Å²) in [5.74, 6) is 0.605. The molecular formula is C35H36Cl3N5O3. The lowest BCUT2D eigenvalue weighted by Gasteiger charge is -2.30. The van der Waals surface area contributed by atoms with Gasteiger partial charge in [0.15, 0.2) is 0 Å². The molecule has 11 heteroatoms. The summed E-state index contributed by atoms with van der Waals surface area (Å²) in [6.45, 7) is 5.18. The van der Waals surface area contributed by atoms with Crippen molar-refractivity contribution in [3.63, 3.8) is 0 Å². The lowest BCUT2D eigenvalue weighted by atomic mass is 9.94. The zero-order chi connectivity index (χ0) is 32.4. The molecule has 6 rings (SSSR count). The quantitative estimate of drug-likeness (QED) is 0.175. The van der Waals surface area contributed by atoms with Crippen LogP contribution in [0.4, 0.5) is 0 Å². The molecule has 2 aliphatic heterocycles. The highest BCUT2D eigenvalue weighted by Gasteiger charge is 2.24. The van der Waals surface area contributed by atoms with Gasteiger partial charge in [-0.15, -0.1) is 0 Å². The molecule has 8 nitrogen and oxygen atoms in total. The highest BCUT2D eigenvalue weighted by atomic mass is 35.5. The first-order chi connectivity index (χ1) is 22.2. The van der Waals surface area contributed by atoms with Crippen molar-refractivity contribution in [3.05, 3.63) is 86.5 Å². The molecule has 0 saturated carbocycles. The van der Waals surface area contributed by atoms with Crippen molar-refractivity contribution >= 4 is 40.7 Å². The summed E-state index contributed by atoms with van der Waals surface area (Å²) in [4.78, 5) is 23.1. The van der Waals surface area contributed by atoms with E-state index in [4.69, 9.17) is 44.5 Å². The van der Waals surface area contributed by atoms with Gasteiger partial charge in [0.25, 0.3) is 0 Å². The third kappa shape index (κ3) is 7.03. The normalized spacial score (nSPS) is 17.1. The van der Waals surface area contributed by atoms with Gasteiger partial charge in [-0.25, -0.2) is 4.98 Å². The van der Waals surface area contributed by atoms with Crippen LogP contribution in [0, 0.1) is 0 Å². The van der Waals surface area contributed by atoms with Crippen LogP contribution < -0.4 is 15.4 Å². The number of fused-ring (bicyclic) bond motifs is 1. The van der Waals surface area contributed by atoms with E-state index in [0.29, 0.717) is 64.9 Å². The predicted molar refractivity (Wildman–Crippen MR) is 183 cm³/mol. The van der Waals surface area contributed by atoms with Gasteiger partial charge in [-0.05, 0) is 55.2 Å². The van der Waals surface area contributed by atoms with E-state index in [1.165, 1.54) is 0 Å². The summed E-state index contributed by atoms with van der Waals surface area (Å²) in [7, 11) is 1.60. The van der Waals surface area contributed by atoms with Gasteiger partial charge in [-0.3, -0.25) is 14.7 Å². The summed E-state index contributed by atoms with van der Waals surface area (Å²) >= 11 is 20.9. The van der Waals surface area contributed by atoms with Crippen LogP contribution >= 0.6 is 34.8 Å². The molecule has 3 N–H and O–H groups in total. The molecule has 0 radical (unpaired) electrons. The van der Waals surface area contributed by atoms with Crippen LogP contribution in [0.25, 0.3) is 33.6 Å². The van der Waals surface area contributed by atoms with Gasteiger partial charge in [0.05, 0.1) is 34.6 Å². The average molecular weight is 681 g/mol. The van der Waals surface area contributed by atoms with Crippen molar-refractivity contribution < 1.29 is 14.6 Å². The molecule has 1 fully saturated rings. The van der Waals surface area contributed by atoms with Gasteiger partial charge in [0.1, 0.15) is 0 Å². The molecule has 240 valence electrons. The van der Waals surface area contributed by atoms with Crippen LogP contribution in [0.2, 0.25) is 15.1 Å². The molecule has 4 aromatic rings. The van der Waals surface area contributed by atoms with E-state index >= 15 is 0 Å². The molecule has 2 atom stereocenters. The Morgan fingerprint density at radius 2 is 1.89 bits per heavy atom. The topological polar surface area (TPSA) is 99.6 Å². The third-order valence-corrected chi connectivity index (χ3v) is 9.67. The number of carbonyl (C=O) groups excluding carboxylic acids is 1. The molecule has 0 unspecified atom stereocenters. The number of β-amino-alcohol motifs (C(OH)–C–C–N with tert-alkyl or cyclic N) is 1. The molecule has 2 aliphatic rings. The molecular weight excluding hydrogens is 645 g/mol. The number of benzene rings is 2. The van der Waals surface area contributed by atoms with Gasteiger partial charge in [-0.1, -0.05) is 59.1 Å². The van der Waals surface area contributed by atoms with E-state index in [0.717, 1.165) is 58.3 Å². The number of aliphatic hydroxyl groups is 1. The minimum absolute atomic E-state index is 0.101. The minimum Gasteiger partial charge on any atom is -0.481 e. The Labute approximate surface area is 284 Å². The maximum atomic E-state index is 11.5. The molecule has 2 aromatic heterocycles. The number of nitrogens with one attached hydrogen (secondary N) is 2. The number of aromatic nitrogens is 2. The molecule has 1 saturated heterocycles. The Bertz CT molecular complexity index is 1770. The second-order valence-corrected chi connectivity index (χ2v) is 13.1. The van der Waals surface area contributed by atoms with Gasteiger partial charge in [-0.2, -0.15) is 0 Å². The number of methoxy groups -OCH3 is 1. The number of rotatable bonds is 10. The van der Waals surface area contributed by atoms with Crippen LogP contribution in [0.15, 0.2) is 54.7 Å². The fourth-order valence-corrected chi connectivity index (χ4v) is 7.22.